The molecule has 9 rings (SSSR count). The molecule has 5 aliphatic heterocycles. The number of allylic oxidation sites excluding steroid dienone is 1. The van der Waals surface area contributed by atoms with Crippen molar-refractivity contribution in [3.8, 4) is 0 Å². The van der Waals surface area contributed by atoms with Crippen molar-refractivity contribution in [2.24, 2.45) is 46.3 Å². The molecule has 7 N–H and O–H groups in total. The van der Waals surface area contributed by atoms with Crippen LogP contribution in [-0.4, -0.2) is 165 Å². The average Bonchev–Trinajstić information content (AvgIpc) is 3.68. The summed E-state index contributed by atoms with van der Waals surface area (Å²) >= 11 is 0. The van der Waals surface area contributed by atoms with E-state index in [-0.39, 0.29) is 36.4 Å². The average molecular weight is 897 g/mol. The van der Waals surface area contributed by atoms with Crippen LogP contribution in [0.3, 0.4) is 0 Å². The molecule has 5 saturated heterocycles. The maximum Gasteiger partial charge on any atom is 0.303 e. The fourth-order valence-electron chi connectivity index (χ4n) is 14.1. The minimum absolute atomic E-state index is 0.0569. The number of ether oxygens (including phenoxy) is 9. The van der Waals surface area contributed by atoms with Gasteiger partial charge in [-0.1, -0.05) is 39.3 Å². The van der Waals surface area contributed by atoms with Gasteiger partial charge >= 0.3 is 5.97 Å². The van der Waals surface area contributed by atoms with Crippen LogP contribution in [0.4, 0.5) is 0 Å². The molecule has 0 bridgehead atoms. The van der Waals surface area contributed by atoms with Gasteiger partial charge in [-0.15, -0.1) is 0 Å². The molecule has 0 aromatic rings. The normalized spacial score (nSPS) is 56.8. The minimum atomic E-state index is -1.75. The van der Waals surface area contributed by atoms with Crippen LogP contribution in [-0.2, 0) is 47.4 Å². The molecule has 358 valence electrons. The van der Waals surface area contributed by atoms with Crippen LogP contribution in [0.1, 0.15) is 99.8 Å². The third-order valence-corrected chi connectivity index (χ3v) is 17.6. The molecule has 9 aliphatic rings. The van der Waals surface area contributed by atoms with E-state index in [1.165, 1.54) is 6.92 Å². The number of esters is 1. The Bertz CT molecular complexity index is 1690. The van der Waals surface area contributed by atoms with Crippen molar-refractivity contribution in [2.75, 3.05) is 13.2 Å². The molecular formula is C46H72O17. The van der Waals surface area contributed by atoms with E-state index in [9.17, 15) is 40.5 Å². The van der Waals surface area contributed by atoms with Gasteiger partial charge in [0.2, 0.25) is 0 Å². The maximum absolute atomic E-state index is 11.9. The Morgan fingerprint density at radius 1 is 0.746 bits per heavy atom. The van der Waals surface area contributed by atoms with Gasteiger partial charge in [0.05, 0.1) is 43.7 Å². The lowest BCUT2D eigenvalue weighted by Gasteiger charge is -2.60. The third-order valence-electron chi connectivity index (χ3n) is 17.6. The highest BCUT2D eigenvalue weighted by atomic mass is 16.8. The molecule has 0 amide bonds. The Labute approximate surface area is 369 Å². The molecule has 26 atom stereocenters. The van der Waals surface area contributed by atoms with Crippen LogP contribution in [0.2, 0.25) is 0 Å². The predicted molar refractivity (Wildman–Crippen MR) is 218 cm³/mol. The summed E-state index contributed by atoms with van der Waals surface area (Å²) in [4.78, 5) is 11.9. The van der Waals surface area contributed by atoms with Gasteiger partial charge in [-0.25, -0.2) is 0 Å². The van der Waals surface area contributed by atoms with Crippen molar-refractivity contribution in [1.82, 2.24) is 0 Å². The molecule has 5 heterocycles. The second-order valence-electron chi connectivity index (χ2n) is 21.3. The SMILES string of the molecule is CC(=O)O[C@@H]1[C@@H](O)[C@@H](O)[C@H](O[C@H]2[C@H](O[C@@H]3C[C@H](O)CC4=CCC5C6C[C@@H]7O[C@]8(CC[C@H](C)CO8)[C@@H](C)[C@@H]7[C@@]6(C)CCC5[C@]43C)O[C@H](C)[C@H](O)[C@@H]2O[C@@H]2OC[C@@H](O)[C@H](O)[C@H]2O)O[C@H]1C. The molecule has 8 fully saturated rings. The molecule has 63 heavy (non-hydrogen) atoms. The number of hydrogen-bond acceptors (Lipinski definition) is 17. The first-order chi connectivity index (χ1) is 29.8. The van der Waals surface area contributed by atoms with E-state index in [4.69, 9.17) is 42.6 Å². The van der Waals surface area contributed by atoms with Gasteiger partial charge in [-0.2, -0.15) is 0 Å². The zero-order valence-corrected chi connectivity index (χ0v) is 37.6. The summed E-state index contributed by atoms with van der Waals surface area (Å²) in [6.07, 6.45) is -12.2. The number of rotatable bonds is 7. The van der Waals surface area contributed by atoms with E-state index in [2.05, 4.69) is 33.8 Å². The second kappa shape index (κ2) is 17.3. The largest absolute Gasteiger partial charge is 0.457 e. The minimum Gasteiger partial charge on any atom is -0.457 e. The van der Waals surface area contributed by atoms with E-state index in [0.29, 0.717) is 30.1 Å². The van der Waals surface area contributed by atoms with Crippen molar-refractivity contribution in [3.63, 3.8) is 0 Å². The van der Waals surface area contributed by atoms with Crippen LogP contribution >= 0.6 is 0 Å². The number of hydrogen-bond donors (Lipinski definition) is 7. The second-order valence-corrected chi connectivity index (χ2v) is 21.3. The van der Waals surface area contributed by atoms with Gasteiger partial charge in [-0.05, 0) is 87.4 Å². The van der Waals surface area contributed by atoms with Crippen molar-refractivity contribution in [2.45, 2.75) is 210 Å². The molecule has 17 heteroatoms. The summed E-state index contributed by atoms with van der Waals surface area (Å²) < 4.78 is 56.7. The van der Waals surface area contributed by atoms with Crippen molar-refractivity contribution < 1.29 is 83.2 Å². The molecule has 3 unspecified atom stereocenters. The molecule has 0 radical (unpaired) electrons. The van der Waals surface area contributed by atoms with Gasteiger partial charge in [-0.3, -0.25) is 4.79 Å². The highest BCUT2D eigenvalue weighted by molar-refractivity contribution is 5.66. The molecule has 0 aromatic heterocycles. The Hall–Kier alpha value is -1.39. The summed E-state index contributed by atoms with van der Waals surface area (Å²) in [6.45, 7) is 14.0. The Morgan fingerprint density at radius 3 is 2.17 bits per heavy atom. The van der Waals surface area contributed by atoms with E-state index in [1.807, 2.05) is 0 Å². The number of carbonyl (C=O) groups excluding carboxylic acids is 1. The number of fused-ring (bicyclic) bond motifs is 7. The van der Waals surface area contributed by atoms with Crippen molar-refractivity contribution >= 4 is 5.97 Å². The van der Waals surface area contributed by atoms with E-state index >= 15 is 0 Å². The van der Waals surface area contributed by atoms with E-state index in [0.717, 1.165) is 50.7 Å². The quantitative estimate of drug-likeness (QED) is 0.141. The van der Waals surface area contributed by atoms with Crippen LogP contribution in [0.15, 0.2) is 11.6 Å². The van der Waals surface area contributed by atoms with Crippen LogP contribution in [0.25, 0.3) is 0 Å². The molecule has 4 aliphatic carbocycles. The van der Waals surface area contributed by atoms with Crippen molar-refractivity contribution in [3.05, 3.63) is 11.6 Å². The molecule has 0 aromatic carbocycles. The topological polar surface area (TPSA) is 242 Å². The third kappa shape index (κ3) is 7.78. The summed E-state index contributed by atoms with van der Waals surface area (Å²) in [5.41, 5.74) is 0.635. The maximum atomic E-state index is 11.9. The fourth-order valence-corrected chi connectivity index (χ4v) is 14.1. The first-order valence-corrected chi connectivity index (χ1v) is 23.6. The van der Waals surface area contributed by atoms with Gasteiger partial charge in [0.25, 0.3) is 0 Å². The molecule has 3 saturated carbocycles. The van der Waals surface area contributed by atoms with Crippen molar-refractivity contribution in [1.29, 1.82) is 0 Å². The number of aliphatic hydroxyl groups excluding tert-OH is 7. The van der Waals surface area contributed by atoms with Crippen LogP contribution in [0, 0.1) is 46.3 Å². The van der Waals surface area contributed by atoms with E-state index in [1.54, 1.807) is 13.8 Å². The van der Waals surface area contributed by atoms with Crippen LogP contribution < -0.4 is 0 Å². The Morgan fingerprint density at radius 2 is 1.46 bits per heavy atom. The van der Waals surface area contributed by atoms with Gasteiger partial charge < -0.3 is 78.4 Å². The monoisotopic (exact) mass is 896 g/mol. The van der Waals surface area contributed by atoms with Gasteiger partial charge in [0, 0.05) is 31.1 Å². The number of carbonyl (C=O) groups is 1. The Kier molecular flexibility index (Phi) is 12.8. The zero-order chi connectivity index (χ0) is 45.1. The van der Waals surface area contributed by atoms with Gasteiger partial charge in [0.1, 0.15) is 48.8 Å². The van der Waals surface area contributed by atoms with Gasteiger partial charge in [0.15, 0.2) is 30.8 Å². The summed E-state index contributed by atoms with van der Waals surface area (Å²) in [6, 6.07) is 0. The zero-order valence-electron chi connectivity index (χ0n) is 37.6. The Balaban J connectivity index is 1.01. The molecular weight excluding hydrogens is 824 g/mol. The summed E-state index contributed by atoms with van der Waals surface area (Å²) in [5, 5.41) is 77.3. The first kappa shape index (κ1) is 46.7. The first-order valence-electron chi connectivity index (χ1n) is 23.6. The number of aliphatic hydroxyl groups is 7. The molecule has 1 spiro atoms. The standard InChI is InChI=1S/C46H72O17/c1-19-10-13-46(56-17-19)20(2)32-30(63-46)16-28-26-9-8-24-14-25(48)15-31(45(24,7)27(26)11-12-44(28,32)6)60-43-40(62-42-37(54)35(52)38(22(4)58-42)59-23(5)47)39(33(50)21(3)57-43)61-41-36(53)34(51)29(49)18-55-41/h8,19-22,25-43,48-54H,9-18H2,1-7H3/t19-,20-,21+,22-,25+,26?,27?,28?,29+,30-,31+,32-,33-,34-,35-,36+,37+,38-,39-,40+,41-,42-,43-,44-,45-,46+/m0/s1. The lowest BCUT2D eigenvalue weighted by molar-refractivity contribution is -0.391. The highest BCUT2D eigenvalue weighted by Crippen LogP contribution is 2.71. The van der Waals surface area contributed by atoms with Crippen LogP contribution in [0.5, 0.6) is 0 Å². The van der Waals surface area contributed by atoms with E-state index < -0.39 is 115 Å². The highest BCUT2D eigenvalue weighted by Gasteiger charge is 2.70. The lowest BCUT2D eigenvalue weighted by atomic mass is 9.46. The summed E-state index contributed by atoms with van der Waals surface area (Å²) in [7, 11) is 0. The predicted octanol–water partition coefficient (Wildman–Crippen LogP) is 1.42. The molecule has 17 nitrogen and oxygen atoms in total. The lowest BCUT2D eigenvalue weighted by Crippen LogP contribution is -2.66. The fraction of sp³-hybridized carbons (Fsp3) is 0.935. The smallest absolute Gasteiger partial charge is 0.303 e. The summed E-state index contributed by atoms with van der Waals surface area (Å²) in [5.74, 6) is 0.907.